The monoisotopic (exact) mass is 176 g/mol. The molecule has 0 amide bonds. The first kappa shape index (κ1) is 15.7. The summed E-state index contributed by atoms with van der Waals surface area (Å²) in [6.45, 7) is 4.31. The van der Waals surface area contributed by atoms with E-state index in [-0.39, 0.29) is 40.1 Å². The Morgan fingerprint density at radius 1 is 1.14 bits per heavy atom. The smallest absolute Gasteiger partial charge is 0 e. The van der Waals surface area contributed by atoms with Gasteiger partial charge in [0.1, 0.15) is 0 Å². The van der Waals surface area contributed by atoms with E-state index in [9.17, 15) is 0 Å². The fraction of sp³-hybridized carbons (Fsp3) is 0.833. The summed E-state index contributed by atoms with van der Waals surface area (Å²) >= 11 is 0. The van der Waals surface area contributed by atoms with Crippen LogP contribution in [0.4, 0.5) is 0 Å². The van der Waals surface area contributed by atoms with Crippen LogP contribution in [-0.4, -0.2) is 0 Å². The first-order valence-corrected chi connectivity index (χ1v) is 2.23. The Kier molecular flexibility index (Phi) is 35.2. The Balaban J connectivity index is -0.0000000800. The topological polar surface area (TPSA) is 0 Å². The van der Waals surface area contributed by atoms with Gasteiger partial charge in [0.25, 0.3) is 0 Å². The van der Waals surface area contributed by atoms with Gasteiger partial charge >= 0.3 is 0 Å². The quantitative estimate of drug-likeness (QED) is 0.567. The van der Waals surface area contributed by atoms with E-state index in [4.69, 9.17) is 0 Å². The van der Waals surface area contributed by atoms with Crippen molar-refractivity contribution >= 4 is 0 Å². The molecule has 0 unspecified atom stereocenters. The van der Waals surface area contributed by atoms with E-state index in [1.165, 1.54) is 12.8 Å². The Morgan fingerprint density at radius 2 is 1.43 bits per heavy atom. The SMILES string of the molecule is C.CC[CH-]CC.[Y]. The molecule has 0 aromatic heterocycles. The molecule has 0 N–H and O–H groups in total. The molecule has 0 aliphatic rings. The molecule has 0 spiro atoms. The number of unbranched alkanes of at least 4 members (excludes halogenated alkanes) is 2. The van der Waals surface area contributed by atoms with E-state index in [2.05, 4.69) is 20.3 Å². The van der Waals surface area contributed by atoms with E-state index >= 15 is 0 Å². The van der Waals surface area contributed by atoms with Gasteiger partial charge in [0.05, 0.1) is 0 Å². The molecule has 0 aliphatic carbocycles. The molecule has 0 rings (SSSR count). The predicted molar refractivity (Wildman–Crippen MR) is 31.6 cm³/mol. The molecule has 0 nitrogen and oxygen atoms in total. The van der Waals surface area contributed by atoms with Crippen LogP contribution >= 0.6 is 0 Å². The minimum Gasteiger partial charge on any atom is -0.329 e. The standard InChI is InChI=1S/C5H11.CH4.Y/c1-3-5-4-2;;/h5H,3-4H2,1-2H3;1H4;/q-1;;. The van der Waals surface area contributed by atoms with Crippen molar-refractivity contribution in [2.24, 2.45) is 0 Å². The third-order valence-corrected chi connectivity index (χ3v) is 0.577. The van der Waals surface area contributed by atoms with Gasteiger partial charge in [0.15, 0.2) is 0 Å². The molecule has 0 aromatic carbocycles. The van der Waals surface area contributed by atoms with E-state index in [0.717, 1.165) is 0 Å². The summed E-state index contributed by atoms with van der Waals surface area (Å²) in [6, 6.07) is 0. The molecule has 43 valence electrons. The van der Waals surface area contributed by atoms with Crippen molar-refractivity contribution in [1.82, 2.24) is 0 Å². The number of hydrogen-bond donors (Lipinski definition) is 0. The molecule has 0 atom stereocenters. The van der Waals surface area contributed by atoms with Gasteiger partial charge in [0, 0.05) is 32.7 Å². The van der Waals surface area contributed by atoms with E-state index in [1.807, 2.05) is 0 Å². The second kappa shape index (κ2) is 15.7. The minimum absolute atomic E-state index is 0. The summed E-state index contributed by atoms with van der Waals surface area (Å²) in [5, 5.41) is 0. The normalized spacial score (nSPS) is 6.00. The zero-order valence-corrected chi connectivity index (χ0v) is 7.41. The molecule has 0 bridgehead atoms. The molecule has 0 aliphatic heterocycles. The van der Waals surface area contributed by atoms with Gasteiger partial charge in [-0.25, -0.2) is 0 Å². The first-order valence-electron chi connectivity index (χ1n) is 2.23. The van der Waals surface area contributed by atoms with Crippen molar-refractivity contribution in [3.05, 3.63) is 6.42 Å². The van der Waals surface area contributed by atoms with Crippen LogP contribution < -0.4 is 0 Å². The molecule has 1 heteroatoms. The van der Waals surface area contributed by atoms with Gasteiger partial charge in [-0.15, -0.1) is 0 Å². The van der Waals surface area contributed by atoms with Crippen LogP contribution in [0, 0.1) is 6.42 Å². The average molecular weight is 176 g/mol. The molecule has 0 saturated carbocycles. The maximum Gasteiger partial charge on any atom is 0 e. The van der Waals surface area contributed by atoms with Crippen LogP contribution in [-0.2, 0) is 32.7 Å². The van der Waals surface area contributed by atoms with Gasteiger partial charge in [-0.1, -0.05) is 21.3 Å². The molecule has 0 aromatic rings. The molecular weight excluding hydrogens is 161 g/mol. The van der Waals surface area contributed by atoms with Crippen molar-refractivity contribution in [3.8, 4) is 0 Å². The molecule has 1 radical (unpaired) electrons. The van der Waals surface area contributed by atoms with Gasteiger partial charge in [-0.2, -0.15) is 12.8 Å². The maximum absolute atomic E-state index is 2.25. The minimum atomic E-state index is 0. The second-order valence-electron chi connectivity index (χ2n) is 1.11. The zero-order valence-electron chi connectivity index (χ0n) is 4.57. The van der Waals surface area contributed by atoms with Crippen LogP contribution in [0.25, 0.3) is 0 Å². The first-order chi connectivity index (χ1) is 2.41. The van der Waals surface area contributed by atoms with Crippen molar-refractivity contribution in [1.29, 1.82) is 0 Å². The third kappa shape index (κ3) is 19.2. The van der Waals surface area contributed by atoms with Gasteiger partial charge < -0.3 is 6.42 Å². The second-order valence-corrected chi connectivity index (χ2v) is 1.11. The fourth-order valence-corrected chi connectivity index (χ4v) is 0.289. The third-order valence-electron chi connectivity index (χ3n) is 0.577. The largest absolute Gasteiger partial charge is 0.329 e. The Labute approximate surface area is 73.0 Å². The van der Waals surface area contributed by atoms with E-state index in [0.29, 0.717) is 0 Å². The summed E-state index contributed by atoms with van der Waals surface area (Å²) in [5.74, 6) is 0. The van der Waals surface area contributed by atoms with Crippen molar-refractivity contribution in [3.63, 3.8) is 0 Å². The predicted octanol–water partition coefficient (Wildman–Crippen LogP) is 2.64. The van der Waals surface area contributed by atoms with Crippen molar-refractivity contribution < 1.29 is 32.7 Å². The van der Waals surface area contributed by atoms with Gasteiger partial charge in [-0.3, -0.25) is 0 Å². The molecule has 0 heterocycles. The molecule has 7 heavy (non-hydrogen) atoms. The summed E-state index contributed by atoms with van der Waals surface area (Å²) in [4.78, 5) is 0. The van der Waals surface area contributed by atoms with Crippen LogP contribution in [0.2, 0.25) is 0 Å². The zero-order chi connectivity index (χ0) is 4.12. The van der Waals surface area contributed by atoms with Gasteiger partial charge in [0.2, 0.25) is 0 Å². The van der Waals surface area contributed by atoms with E-state index < -0.39 is 0 Å². The van der Waals surface area contributed by atoms with E-state index in [1.54, 1.807) is 0 Å². The number of hydrogen-bond acceptors (Lipinski definition) is 0. The summed E-state index contributed by atoms with van der Waals surface area (Å²) in [6.07, 6.45) is 4.69. The molecule has 0 saturated heterocycles. The maximum atomic E-state index is 2.25. The molecular formula is C6H15Y-. The number of rotatable bonds is 2. The van der Waals surface area contributed by atoms with Crippen LogP contribution in [0.1, 0.15) is 34.1 Å². The Hall–Kier alpha value is 1.10. The average Bonchev–Trinajstić information content (AvgIpc) is 1.41. The van der Waals surface area contributed by atoms with Crippen molar-refractivity contribution in [2.45, 2.75) is 34.1 Å². The summed E-state index contributed by atoms with van der Waals surface area (Å²) in [7, 11) is 0. The van der Waals surface area contributed by atoms with Gasteiger partial charge in [-0.05, 0) is 0 Å². The van der Waals surface area contributed by atoms with Crippen LogP contribution in [0.3, 0.4) is 0 Å². The summed E-state index contributed by atoms with van der Waals surface area (Å²) < 4.78 is 0. The van der Waals surface area contributed by atoms with Crippen LogP contribution in [0.5, 0.6) is 0 Å². The van der Waals surface area contributed by atoms with Crippen LogP contribution in [0.15, 0.2) is 0 Å². The Morgan fingerprint density at radius 3 is 1.43 bits per heavy atom. The molecule has 0 fully saturated rings. The fourth-order valence-electron chi connectivity index (χ4n) is 0.289. The summed E-state index contributed by atoms with van der Waals surface area (Å²) in [5.41, 5.74) is 0. The Bertz CT molecular complexity index is 11.7. The van der Waals surface area contributed by atoms with Crippen molar-refractivity contribution in [2.75, 3.05) is 0 Å².